The maximum atomic E-state index is 5.31. The van der Waals surface area contributed by atoms with Gasteiger partial charge in [0.15, 0.2) is 5.82 Å². The van der Waals surface area contributed by atoms with Crippen LogP contribution in [-0.2, 0) is 0 Å². The number of benzene rings is 2. The molecule has 1 aromatic heterocycles. The zero-order chi connectivity index (χ0) is 16.4. The van der Waals surface area contributed by atoms with Crippen LogP contribution in [-0.4, -0.2) is 15.9 Å². The Morgan fingerprint density at radius 2 is 1.79 bits per heavy atom. The van der Waals surface area contributed by atoms with Crippen molar-refractivity contribution in [2.24, 2.45) is 9.98 Å². The lowest BCUT2D eigenvalue weighted by molar-refractivity contribution is 0.407. The molecule has 5 heteroatoms. The van der Waals surface area contributed by atoms with Gasteiger partial charge < -0.3 is 4.52 Å². The molecule has 5 rings (SSSR count). The monoisotopic (exact) mass is 314 g/mol. The summed E-state index contributed by atoms with van der Waals surface area (Å²) >= 11 is 0. The lowest BCUT2D eigenvalue weighted by Gasteiger charge is -2.05. The van der Waals surface area contributed by atoms with Gasteiger partial charge in [-0.25, -0.2) is 9.98 Å². The molecule has 3 aromatic rings. The van der Waals surface area contributed by atoms with E-state index >= 15 is 0 Å². The molecule has 2 aromatic carbocycles. The van der Waals surface area contributed by atoms with E-state index in [9.17, 15) is 0 Å². The zero-order valence-corrected chi connectivity index (χ0v) is 13.6. The first-order valence-corrected chi connectivity index (χ1v) is 7.86. The van der Waals surface area contributed by atoms with Crippen molar-refractivity contribution in [3.63, 3.8) is 0 Å². The van der Waals surface area contributed by atoms with Crippen molar-refractivity contribution in [2.75, 3.05) is 0 Å². The molecule has 5 nitrogen and oxygen atoms in total. The van der Waals surface area contributed by atoms with Gasteiger partial charge in [-0.1, -0.05) is 23.4 Å². The van der Waals surface area contributed by atoms with Gasteiger partial charge in [0.25, 0.3) is 5.89 Å². The van der Waals surface area contributed by atoms with Crippen LogP contribution < -0.4 is 10.6 Å². The molecule has 0 aliphatic carbocycles. The quantitative estimate of drug-likeness (QED) is 0.542. The van der Waals surface area contributed by atoms with Crippen molar-refractivity contribution >= 4 is 22.7 Å². The van der Waals surface area contributed by atoms with Crippen LogP contribution in [0.4, 0.5) is 11.4 Å². The summed E-state index contributed by atoms with van der Waals surface area (Å²) in [5, 5.41) is 6.00. The smallest absolute Gasteiger partial charge is 0.276 e. The van der Waals surface area contributed by atoms with Gasteiger partial charge in [-0.05, 0) is 44.0 Å². The summed E-state index contributed by atoms with van der Waals surface area (Å²) in [5.74, 6) is 1.08. The van der Waals surface area contributed by atoms with Crippen molar-refractivity contribution in [3.8, 4) is 11.1 Å². The van der Waals surface area contributed by atoms with Crippen LogP contribution in [0.3, 0.4) is 0 Å². The number of aryl methyl sites for hydroxylation is 1. The Kier molecular flexibility index (Phi) is 2.49. The molecule has 2 aliphatic heterocycles. The normalized spacial score (nSPS) is 14.1. The third-order valence-corrected chi connectivity index (χ3v) is 4.64. The van der Waals surface area contributed by atoms with Crippen LogP contribution in [0, 0.1) is 13.8 Å². The molecule has 0 bridgehead atoms. The number of nitrogens with zero attached hydrogens (tertiary/aromatic N) is 4. The van der Waals surface area contributed by atoms with Crippen LogP contribution in [0.2, 0.25) is 0 Å². The summed E-state index contributed by atoms with van der Waals surface area (Å²) < 4.78 is 5.31. The molecule has 24 heavy (non-hydrogen) atoms. The molecule has 0 N–H and O–H groups in total. The van der Waals surface area contributed by atoms with Gasteiger partial charge in [-0.2, -0.15) is 4.98 Å². The molecule has 0 saturated carbocycles. The lowest BCUT2D eigenvalue weighted by atomic mass is 9.96. The van der Waals surface area contributed by atoms with Crippen LogP contribution >= 0.6 is 0 Å². The first kappa shape index (κ1) is 13.4. The van der Waals surface area contributed by atoms with Gasteiger partial charge in [0.1, 0.15) is 5.71 Å². The van der Waals surface area contributed by atoms with E-state index in [4.69, 9.17) is 14.5 Å². The van der Waals surface area contributed by atoms with Crippen LogP contribution in [0.1, 0.15) is 24.2 Å². The Labute approximate surface area is 138 Å². The first-order chi connectivity index (χ1) is 11.6. The van der Waals surface area contributed by atoms with E-state index < -0.39 is 0 Å². The topological polar surface area (TPSA) is 63.6 Å². The summed E-state index contributed by atoms with van der Waals surface area (Å²) in [6.45, 7) is 6.00. The van der Waals surface area contributed by atoms with Crippen LogP contribution in [0.15, 0.2) is 44.8 Å². The number of rotatable bonds is 1. The highest BCUT2D eigenvalue weighted by molar-refractivity contribution is 6.28. The summed E-state index contributed by atoms with van der Waals surface area (Å²) in [4.78, 5) is 13.8. The first-order valence-electron chi connectivity index (χ1n) is 7.86. The standard InChI is InChI=1S/C19H14N4O/c1-9-16-10(2)18(19-20-11(3)23-24-19)22-14(16)8-15-17(9)12-6-4-5-7-13(12)21-15/h4-8H,1-3H3. The highest BCUT2D eigenvalue weighted by Gasteiger charge is 2.25. The second kappa shape index (κ2) is 4.47. The fourth-order valence-electron chi connectivity index (χ4n) is 3.61. The maximum Gasteiger partial charge on any atom is 0.276 e. The van der Waals surface area contributed by atoms with Gasteiger partial charge in [-0.3, -0.25) is 0 Å². The molecule has 2 aliphatic rings. The molecule has 0 saturated heterocycles. The molecule has 3 heterocycles. The number of para-hydroxylation sites is 1. The van der Waals surface area contributed by atoms with Gasteiger partial charge in [0.2, 0.25) is 0 Å². The van der Waals surface area contributed by atoms with Gasteiger partial charge in [-0.15, -0.1) is 0 Å². The molecule has 0 spiro atoms. The number of fused-ring (bicyclic) bond motifs is 4. The number of aliphatic imine (C=N–C) groups is 1. The van der Waals surface area contributed by atoms with Crippen molar-refractivity contribution < 1.29 is 4.52 Å². The van der Waals surface area contributed by atoms with E-state index in [-0.39, 0.29) is 0 Å². The molecule has 0 amide bonds. The summed E-state index contributed by atoms with van der Waals surface area (Å²) in [6, 6.07) is 10.3. The molecule has 0 radical (unpaired) electrons. The average molecular weight is 314 g/mol. The summed E-state index contributed by atoms with van der Waals surface area (Å²) in [7, 11) is 0. The molecule has 0 fully saturated rings. The molecule has 116 valence electrons. The summed E-state index contributed by atoms with van der Waals surface area (Å²) in [6.07, 6.45) is 0. The molecular formula is C19H14N4O. The van der Waals surface area contributed by atoms with E-state index in [1.54, 1.807) is 6.92 Å². The number of aromatic nitrogens is 2. The van der Waals surface area contributed by atoms with E-state index in [1.807, 2.05) is 12.1 Å². The van der Waals surface area contributed by atoms with Gasteiger partial charge in [0.05, 0.1) is 16.7 Å². The highest BCUT2D eigenvalue weighted by Crippen LogP contribution is 2.35. The van der Waals surface area contributed by atoms with E-state index in [0.29, 0.717) is 11.7 Å². The Morgan fingerprint density at radius 3 is 2.58 bits per heavy atom. The minimum Gasteiger partial charge on any atom is -0.332 e. The highest BCUT2D eigenvalue weighted by atomic mass is 16.5. The van der Waals surface area contributed by atoms with E-state index in [2.05, 4.69) is 42.2 Å². The largest absolute Gasteiger partial charge is 0.332 e. The second-order valence-electron chi connectivity index (χ2n) is 6.15. The Hall–Kier alpha value is -3.08. The van der Waals surface area contributed by atoms with Crippen molar-refractivity contribution in [1.82, 2.24) is 10.1 Å². The fourth-order valence-corrected chi connectivity index (χ4v) is 3.61. The third kappa shape index (κ3) is 1.64. The predicted octanol–water partition coefficient (Wildman–Crippen LogP) is 2.92. The average Bonchev–Trinajstić information content (AvgIpc) is 3.23. The Morgan fingerprint density at radius 1 is 0.958 bits per heavy atom. The van der Waals surface area contributed by atoms with Crippen molar-refractivity contribution in [2.45, 2.75) is 20.8 Å². The second-order valence-corrected chi connectivity index (χ2v) is 6.15. The minimum absolute atomic E-state index is 0.470. The third-order valence-electron chi connectivity index (χ3n) is 4.64. The van der Waals surface area contributed by atoms with Crippen molar-refractivity contribution in [1.29, 1.82) is 0 Å². The Bertz CT molecular complexity index is 1180. The van der Waals surface area contributed by atoms with Gasteiger partial charge >= 0.3 is 0 Å². The fraction of sp³-hybridized carbons (Fsp3) is 0.158. The predicted molar refractivity (Wildman–Crippen MR) is 91.4 cm³/mol. The zero-order valence-electron chi connectivity index (χ0n) is 13.6. The molecule has 0 unspecified atom stereocenters. The minimum atomic E-state index is 0.470. The van der Waals surface area contributed by atoms with E-state index in [1.165, 1.54) is 16.7 Å². The lowest BCUT2D eigenvalue weighted by Crippen LogP contribution is -2.17. The Balaban J connectivity index is 1.81. The molecule has 0 atom stereocenters. The summed E-state index contributed by atoms with van der Waals surface area (Å²) in [5.41, 5.74) is 7.34. The van der Waals surface area contributed by atoms with Crippen LogP contribution in [0.5, 0.6) is 0 Å². The van der Waals surface area contributed by atoms with Crippen molar-refractivity contribution in [3.05, 3.63) is 58.2 Å². The SMILES string of the molecule is CC1=c2c(cc3c(c2C)-c2ccccc2N=3)N=C1c1nc(C)no1. The molecular weight excluding hydrogens is 300 g/mol. The number of hydrogen-bond acceptors (Lipinski definition) is 5. The van der Waals surface area contributed by atoms with E-state index in [0.717, 1.165) is 33.2 Å². The maximum absolute atomic E-state index is 5.31. The number of hydrogen-bond donors (Lipinski definition) is 0. The van der Waals surface area contributed by atoms with Gasteiger partial charge in [0, 0.05) is 16.3 Å². The van der Waals surface area contributed by atoms with Crippen LogP contribution in [0.25, 0.3) is 16.7 Å².